The van der Waals surface area contributed by atoms with Crippen LogP contribution in [0.3, 0.4) is 0 Å². The van der Waals surface area contributed by atoms with Gasteiger partial charge in [-0.25, -0.2) is 0 Å². The van der Waals surface area contributed by atoms with Crippen LogP contribution < -0.4 is 5.73 Å². The average Bonchev–Trinajstić information content (AvgIpc) is 1.94. The van der Waals surface area contributed by atoms with Crippen LogP contribution >= 0.6 is 0 Å². The fraction of sp³-hybridized carbons (Fsp3) is 0.857. The number of carbonyl (C=O) groups is 1. The highest BCUT2D eigenvalue weighted by atomic mass is 16.6. The van der Waals surface area contributed by atoms with E-state index in [1.54, 1.807) is 0 Å². The highest BCUT2D eigenvalue weighted by Crippen LogP contribution is 2.06. The minimum atomic E-state index is -0.953. The van der Waals surface area contributed by atoms with Crippen LogP contribution in [0.5, 0.6) is 0 Å². The second kappa shape index (κ2) is 3.84. The largest absolute Gasteiger partial charge is 0.456 e. The van der Waals surface area contributed by atoms with E-state index in [9.17, 15) is 4.79 Å². The third-order valence-electron chi connectivity index (χ3n) is 1.68. The van der Waals surface area contributed by atoms with Crippen LogP contribution in [-0.4, -0.2) is 42.5 Å². The van der Waals surface area contributed by atoms with Gasteiger partial charge < -0.3 is 20.3 Å². The Balaban J connectivity index is 2.26. The molecular weight excluding hydrogens is 162 g/mol. The summed E-state index contributed by atoms with van der Waals surface area (Å²) in [4.78, 5) is 11.0. The van der Waals surface area contributed by atoms with Gasteiger partial charge in [0.15, 0.2) is 0 Å². The first-order chi connectivity index (χ1) is 5.61. The van der Waals surface area contributed by atoms with Gasteiger partial charge in [-0.3, -0.25) is 4.79 Å². The predicted octanol–water partition coefficient (Wildman–Crippen LogP) is -1.36. The minimum absolute atomic E-state index is 0.178. The van der Waals surface area contributed by atoms with Crippen LogP contribution in [0.4, 0.5) is 0 Å². The van der Waals surface area contributed by atoms with Gasteiger partial charge in [-0.1, -0.05) is 0 Å². The van der Waals surface area contributed by atoms with E-state index >= 15 is 0 Å². The van der Waals surface area contributed by atoms with Crippen molar-refractivity contribution in [3.8, 4) is 0 Å². The van der Waals surface area contributed by atoms with Gasteiger partial charge in [0.25, 0.3) is 0 Å². The fourth-order valence-corrected chi connectivity index (χ4v) is 0.722. The summed E-state index contributed by atoms with van der Waals surface area (Å²) in [6.45, 7) is 2.31. The molecule has 1 rings (SSSR count). The van der Waals surface area contributed by atoms with Crippen molar-refractivity contribution in [1.29, 1.82) is 0 Å². The smallest absolute Gasteiger partial charge is 0.326 e. The van der Waals surface area contributed by atoms with E-state index < -0.39 is 18.1 Å². The lowest BCUT2D eigenvalue weighted by Crippen LogP contribution is -2.46. The van der Waals surface area contributed by atoms with Gasteiger partial charge in [-0.05, 0) is 6.92 Å². The second-order valence-corrected chi connectivity index (χ2v) is 2.86. The standard InChI is InChI=1S/C7H13NO4/c1-4(9)6(8)7(10)12-5-2-11-3-5/h4-6,9H,2-3,8H2,1H3. The highest BCUT2D eigenvalue weighted by molar-refractivity contribution is 5.76. The quantitative estimate of drug-likeness (QED) is 0.517. The van der Waals surface area contributed by atoms with E-state index in [-0.39, 0.29) is 6.10 Å². The second-order valence-electron chi connectivity index (χ2n) is 2.86. The maximum atomic E-state index is 11.0. The molecular formula is C7H13NO4. The molecule has 70 valence electrons. The summed E-state index contributed by atoms with van der Waals surface area (Å²) in [5, 5.41) is 8.94. The van der Waals surface area contributed by atoms with Crippen molar-refractivity contribution in [3.63, 3.8) is 0 Å². The Bertz CT molecular complexity index is 167. The van der Waals surface area contributed by atoms with Crippen LogP contribution in [0, 0.1) is 0 Å². The van der Waals surface area contributed by atoms with Crippen molar-refractivity contribution in [2.24, 2.45) is 5.73 Å². The molecule has 5 heteroatoms. The number of nitrogens with two attached hydrogens (primary N) is 1. The molecule has 0 aromatic carbocycles. The SMILES string of the molecule is CC(O)C(N)C(=O)OC1COC1. The summed E-state index contributed by atoms with van der Waals surface area (Å²) >= 11 is 0. The maximum absolute atomic E-state index is 11.0. The Labute approximate surface area is 70.4 Å². The molecule has 0 spiro atoms. The van der Waals surface area contributed by atoms with Crippen LogP contribution in [0.15, 0.2) is 0 Å². The van der Waals surface area contributed by atoms with Gasteiger partial charge in [-0.15, -0.1) is 0 Å². The average molecular weight is 175 g/mol. The maximum Gasteiger partial charge on any atom is 0.326 e. The summed E-state index contributed by atoms with van der Waals surface area (Å²) in [5.41, 5.74) is 5.32. The fourth-order valence-electron chi connectivity index (χ4n) is 0.722. The zero-order chi connectivity index (χ0) is 9.14. The number of aliphatic hydroxyl groups excluding tert-OH is 1. The Kier molecular flexibility index (Phi) is 3.02. The first-order valence-corrected chi connectivity index (χ1v) is 3.83. The van der Waals surface area contributed by atoms with Crippen molar-refractivity contribution in [3.05, 3.63) is 0 Å². The highest BCUT2D eigenvalue weighted by Gasteiger charge is 2.27. The Morgan fingerprint density at radius 2 is 2.33 bits per heavy atom. The molecule has 5 nitrogen and oxygen atoms in total. The molecule has 1 fully saturated rings. The van der Waals surface area contributed by atoms with Crippen molar-refractivity contribution in [2.75, 3.05) is 13.2 Å². The van der Waals surface area contributed by atoms with Crippen molar-refractivity contribution in [2.45, 2.75) is 25.2 Å². The zero-order valence-corrected chi connectivity index (χ0v) is 6.90. The summed E-state index contributed by atoms with van der Waals surface area (Å²) < 4.78 is 9.66. The molecule has 3 N–H and O–H groups in total. The molecule has 0 aromatic heterocycles. The van der Waals surface area contributed by atoms with E-state index in [2.05, 4.69) is 0 Å². The number of hydrogen-bond donors (Lipinski definition) is 2. The molecule has 0 aromatic rings. The first kappa shape index (κ1) is 9.44. The lowest BCUT2D eigenvalue weighted by molar-refractivity contribution is -0.175. The van der Waals surface area contributed by atoms with E-state index in [1.807, 2.05) is 0 Å². The van der Waals surface area contributed by atoms with E-state index in [0.717, 1.165) is 0 Å². The van der Waals surface area contributed by atoms with Crippen molar-refractivity contribution < 1.29 is 19.4 Å². The molecule has 0 bridgehead atoms. The van der Waals surface area contributed by atoms with Gasteiger partial charge >= 0.3 is 5.97 Å². The minimum Gasteiger partial charge on any atom is -0.456 e. The van der Waals surface area contributed by atoms with Crippen LogP contribution in [0.25, 0.3) is 0 Å². The van der Waals surface area contributed by atoms with E-state index in [4.69, 9.17) is 20.3 Å². The molecule has 0 aliphatic carbocycles. The lowest BCUT2D eigenvalue weighted by Gasteiger charge is -2.27. The number of rotatable bonds is 3. The number of aliphatic hydroxyl groups is 1. The first-order valence-electron chi connectivity index (χ1n) is 3.83. The van der Waals surface area contributed by atoms with Gasteiger partial charge in [0.1, 0.15) is 12.1 Å². The predicted molar refractivity (Wildman–Crippen MR) is 40.4 cm³/mol. The molecule has 1 aliphatic rings. The number of carbonyl (C=O) groups excluding carboxylic acids is 1. The van der Waals surface area contributed by atoms with E-state index in [1.165, 1.54) is 6.92 Å². The molecule has 2 atom stereocenters. The van der Waals surface area contributed by atoms with Crippen LogP contribution in [0.2, 0.25) is 0 Å². The topological polar surface area (TPSA) is 81.8 Å². The van der Waals surface area contributed by atoms with Gasteiger partial charge in [0, 0.05) is 0 Å². The summed E-state index contributed by atoms with van der Waals surface area (Å²) in [6.07, 6.45) is -1.05. The number of esters is 1. The summed E-state index contributed by atoms with van der Waals surface area (Å²) in [7, 11) is 0. The van der Waals surface area contributed by atoms with Crippen LogP contribution in [-0.2, 0) is 14.3 Å². The van der Waals surface area contributed by atoms with Crippen LogP contribution in [0.1, 0.15) is 6.92 Å². The number of ether oxygens (including phenoxy) is 2. The van der Waals surface area contributed by atoms with Crippen molar-refractivity contribution in [1.82, 2.24) is 0 Å². The summed E-state index contributed by atoms with van der Waals surface area (Å²) in [6, 6.07) is -0.953. The molecule has 1 saturated heterocycles. The summed E-state index contributed by atoms with van der Waals surface area (Å²) in [5.74, 6) is -0.571. The Hall–Kier alpha value is -0.650. The van der Waals surface area contributed by atoms with Gasteiger partial charge in [0.05, 0.1) is 19.3 Å². The van der Waals surface area contributed by atoms with Gasteiger partial charge in [-0.2, -0.15) is 0 Å². The molecule has 1 aliphatic heterocycles. The molecule has 0 radical (unpaired) electrons. The molecule has 1 heterocycles. The van der Waals surface area contributed by atoms with Gasteiger partial charge in [0.2, 0.25) is 0 Å². The normalized spacial score (nSPS) is 22.6. The molecule has 12 heavy (non-hydrogen) atoms. The van der Waals surface area contributed by atoms with E-state index in [0.29, 0.717) is 13.2 Å². The molecule has 0 amide bonds. The number of hydrogen-bond acceptors (Lipinski definition) is 5. The molecule has 2 unspecified atom stereocenters. The van der Waals surface area contributed by atoms with Crippen molar-refractivity contribution >= 4 is 5.97 Å². The molecule has 0 saturated carbocycles. The lowest BCUT2D eigenvalue weighted by atomic mass is 10.2. The third kappa shape index (κ3) is 2.17. The Morgan fingerprint density at radius 1 is 1.75 bits per heavy atom. The third-order valence-corrected chi connectivity index (χ3v) is 1.68. The zero-order valence-electron chi connectivity index (χ0n) is 6.90. The Morgan fingerprint density at radius 3 is 2.67 bits per heavy atom. The monoisotopic (exact) mass is 175 g/mol.